The van der Waals surface area contributed by atoms with Crippen molar-refractivity contribution >= 4 is 0 Å². The Hall–Kier alpha value is -3.20. The number of benzene rings is 1. The van der Waals surface area contributed by atoms with Crippen LogP contribution in [-0.4, -0.2) is 15.1 Å². The lowest BCUT2D eigenvalue weighted by Crippen LogP contribution is -2.12. The first kappa shape index (κ1) is 13.8. The molecule has 0 fully saturated rings. The Morgan fingerprint density at radius 2 is 2.00 bits per heavy atom. The van der Waals surface area contributed by atoms with Crippen molar-refractivity contribution in [2.24, 2.45) is 0 Å². The molecule has 0 aliphatic rings. The van der Waals surface area contributed by atoms with E-state index in [2.05, 4.69) is 15.1 Å². The third kappa shape index (κ3) is 2.40. The average Bonchev–Trinajstić information content (AvgIpc) is 2.93. The average molecular weight is 292 g/mol. The molecule has 6 heteroatoms. The number of aryl methyl sites for hydroxylation is 2. The summed E-state index contributed by atoms with van der Waals surface area (Å²) in [6.45, 7) is 3.49. The maximum Gasteiger partial charge on any atom is 0.266 e. The van der Waals surface area contributed by atoms with Gasteiger partial charge in [-0.25, -0.2) is 0 Å². The van der Waals surface area contributed by atoms with Gasteiger partial charge in [0.2, 0.25) is 11.7 Å². The van der Waals surface area contributed by atoms with Gasteiger partial charge in [0, 0.05) is 23.7 Å². The number of aromatic amines is 1. The molecule has 0 aliphatic heterocycles. The van der Waals surface area contributed by atoms with E-state index in [9.17, 15) is 10.1 Å². The fourth-order valence-electron chi connectivity index (χ4n) is 2.27. The van der Waals surface area contributed by atoms with Gasteiger partial charge < -0.3 is 9.51 Å². The summed E-state index contributed by atoms with van der Waals surface area (Å²) in [6.07, 6.45) is 0. The van der Waals surface area contributed by atoms with E-state index in [1.165, 1.54) is 0 Å². The number of aromatic nitrogens is 3. The van der Waals surface area contributed by atoms with Crippen LogP contribution in [0.3, 0.4) is 0 Å². The lowest BCUT2D eigenvalue weighted by atomic mass is 9.99. The number of nitrogens with one attached hydrogen (secondary N) is 1. The van der Waals surface area contributed by atoms with E-state index in [0.717, 1.165) is 11.1 Å². The van der Waals surface area contributed by atoms with Crippen LogP contribution in [0.25, 0.3) is 22.5 Å². The fraction of sp³-hybridized carbons (Fsp3) is 0.125. The number of pyridine rings is 1. The molecule has 0 saturated heterocycles. The van der Waals surface area contributed by atoms with Gasteiger partial charge in [0.15, 0.2) is 0 Å². The summed E-state index contributed by atoms with van der Waals surface area (Å²) < 4.78 is 4.98. The van der Waals surface area contributed by atoms with E-state index in [4.69, 9.17) is 4.52 Å². The number of H-pyrrole nitrogens is 1. The zero-order chi connectivity index (χ0) is 15.7. The molecule has 0 spiro atoms. The summed E-state index contributed by atoms with van der Waals surface area (Å²) >= 11 is 0. The molecule has 0 radical (unpaired) electrons. The molecule has 3 aromatic rings. The number of rotatable bonds is 2. The van der Waals surface area contributed by atoms with Crippen LogP contribution < -0.4 is 5.56 Å². The van der Waals surface area contributed by atoms with E-state index in [1.54, 1.807) is 19.9 Å². The maximum atomic E-state index is 11.9. The molecular formula is C16H12N4O2. The van der Waals surface area contributed by atoms with Gasteiger partial charge in [-0.1, -0.05) is 23.4 Å². The van der Waals surface area contributed by atoms with Crippen LogP contribution in [-0.2, 0) is 0 Å². The fourth-order valence-corrected chi connectivity index (χ4v) is 2.27. The predicted octanol–water partition coefficient (Wildman–Crippen LogP) is 2.58. The van der Waals surface area contributed by atoms with Gasteiger partial charge in [-0.3, -0.25) is 4.79 Å². The molecule has 0 amide bonds. The first-order valence-corrected chi connectivity index (χ1v) is 6.63. The minimum absolute atomic E-state index is 0.0899. The number of nitriles is 1. The second-order valence-corrected chi connectivity index (χ2v) is 4.90. The maximum absolute atomic E-state index is 11.9. The molecule has 1 aromatic carbocycles. The van der Waals surface area contributed by atoms with Gasteiger partial charge in [0.25, 0.3) is 5.56 Å². The van der Waals surface area contributed by atoms with E-state index < -0.39 is 5.56 Å². The van der Waals surface area contributed by atoms with Crippen LogP contribution in [0.2, 0.25) is 0 Å². The summed E-state index contributed by atoms with van der Waals surface area (Å²) in [5.41, 5.74) is 2.50. The minimum Gasteiger partial charge on any atom is -0.339 e. The van der Waals surface area contributed by atoms with Crippen molar-refractivity contribution in [2.75, 3.05) is 0 Å². The highest BCUT2D eigenvalue weighted by atomic mass is 16.5. The van der Waals surface area contributed by atoms with Crippen molar-refractivity contribution in [1.82, 2.24) is 15.1 Å². The normalized spacial score (nSPS) is 10.4. The molecule has 6 nitrogen and oxygen atoms in total. The molecule has 0 unspecified atom stereocenters. The molecule has 3 rings (SSSR count). The second kappa shape index (κ2) is 5.30. The summed E-state index contributed by atoms with van der Waals surface area (Å²) in [5.74, 6) is 0.949. The number of hydrogen-bond acceptors (Lipinski definition) is 5. The van der Waals surface area contributed by atoms with E-state index in [-0.39, 0.29) is 5.56 Å². The number of nitrogens with zero attached hydrogens (tertiary/aromatic N) is 3. The van der Waals surface area contributed by atoms with Gasteiger partial charge >= 0.3 is 0 Å². The van der Waals surface area contributed by atoms with Crippen LogP contribution in [0.1, 0.15) is 17.1 Å². The monoisotopic (exact) mass is 292 g/mol. The zero-order valence-electron chi connectivity index (χ0n) is 12.0. The SMILES string of the molecule is Cc1cc(-c2cccc(-c3noc(C)n3)c2)c(C#N)c(=O)[nH]1. The predicted molar refractivity (Wildman–Crippen MR) is 80.0 cm³/mol. The van der Waals surface area contributed by atoms with Gasteiger partial charge in [0.05, 0.1) is 0 Å². The van der Waals surface area contributed by atoms with Crippen LogP contribution in [0, 0.1) is 25.2 Å². The summed E-state index contributed by atoms with van der Waals surface area (Å²) in [4.78, 5) is 18.7. The Bertz CT molecular complexity index is 947. The van der Waals surface area contributed by atoms with Crippen LogP contribution in [0.15, 0.2) is 39.6 Å². The Morgan fingerprint density at radius 1 is 1.23 bits per heavy atom. The molecule has 108 valence electrons. The Balaban J connectivity index is 2.19. The summed E-state index contributed by atoms with van der Waals surface area (Å²) in [7, 11) is 0. The van der Waals surface area contributed by atoms with Gasteiger partial charge in [0.1, 0.15) is 11.6 Å². The quantitative estimate of drug-likeness (QED) is 0.783. The van der Waals surface area contributed by atoms with E-state index >= 15 is 0 Å². The van der Waals surface area contributed by atoms with Crippen molar-refractivity contribution in [3.05, 3.63) is 57.8 Å². The van der Waals surface area contributed by atoms with E-state index in [1.807, 2.05) is 30.3 Å². The van der Waals surface area contributed by atoms with Crippen molar-refractivity contribution < 1.29 is 4.52 Å². The van der Waals surface area contributed by atoms with E-state index in [0.29, 0.717) is 23.0 Å². The van der Waals surface area contributed by atoms with Gasteiger partial charge in [-0.2, -0.15) is 10.2 Å². The Labute approximate surface area is 126 Å². The van der Waals surface area contributed by atoms with Crippen LogP contribution >= 0.6 is 0 Å². The third-order valence-corrected chi connectivity index (χ3v) is 3.24. The molecule has 1 N–H and O–H groups in total. The molecule has 0 saturated carbocycles. The standard InChI is InChI=1S/C16H12N4O2/c1-9-6-13(14(8-17)16(21)18-9)11-4-3-5-12(7-11)15-19-10(2)22-20-15/h3-7H,1-2H3,(H,18,21). The highest BCUT2D eigenvalue weighted by molar-refractivity contribution is 5.74. The van der Waals surface area contributed by atoms with Crippen molar-refractivity contribution in [3.8, 4) is 28.6 Å². The highest BCUT2D eigenvalue weighted by Gasteiger charge is 2.12. The third-order valence-electron chi connectivity index (χ3n) is 3.24. The van der Waals surface area contributed by atoms with Gasteiger partial charge in [-0.15, -0.1) is 0 Å². The molecular weight excluding hydrogens is 280 g/mol. The molecule has 2 aromatic heterocycles. The molecule has 0 aliphatic carbocycles. The first-order chi connectivity index (χ1) is 10.6. The number of hydrogen-bond donors (Lipinski definition) is 1. The second-order valence-electron chi connectivity index (χ2n) is 4.90. The summed E-state index contributed by atoms with van der Waals surface area (Å²) in [6, 6.07) is 11.1. The van der Waals surface area contributed by atoms with Gasteiger partial charge in [-0.05, 0) is 24.6 Å². The molecule has 0 atom stereocenters. The Kier molecular flexibility index (Phi) is 3.31. The lowest BCUT2D eigenvalue weighted by molar-refractivity contribution is 0.394. The molecule has 22 heavy (non-hydrogen) atoms. The van der Waals surface area contributed by atoms with Crippen molar-refractivity contribution in [2.45, 2.75) is 13.8 Å². The molecule has 0 bridgehead atoms. The minimum atomic E-state index is -0.390. The zero-order valence-corrected chi connectivity index (χ0v) is 12.0. The summed E-state index contributed by atoms with van der Waals surface area (Å²) in [5, 5.41) is 13.1. The first-order valence-electron chi connectivity index (χ1n) is 6.63. The highest BCUT2D eigenvalue weighted by Crippen LogP contribution is 2.26. The van der Waals surface area contributed by atoms with Crippen LogP contribution in [0.5, 0.6) is 0 Å². The largest absolute Gasteiger partial charge is 0.339 e. The van der Waals surface area contributed by atoms with Crippen molar-refractivity contribution in [3.63, 3.8) is 0 Å². The van der Waals surface area contributed by atoms with Crippen LogP contribution in [0.4, 0.5) is 0 Å². The Morgan fingerprint density at radius 3 is 2.68 bits per heavy atom. The topological polar surface area (TPSA) is 95.6 Å². The molecule has 2 heterocycles. The lowest BCUT2D eigenvalue weighted by Gasteiger charge is -2.06. The van der Waals surface area contributed by atoms with Crippen molar-refractivity contribution in [1.29, 1.82) is 5.26 Å². The smallest absolute Gasteiger partial charge is 0.266 e.